The van der Waals surface area contributed by atoms with Crippen LogP contribution in [0.25, 0.3) is 0 Å². The number of ether oxygens (including phenoxy) is 1. The van der Waals surface area contributed by atoms with Crippen molar-refractivity contribution in [3.8, 4) is 5.75 Å². The number of carbonyl (C=O) groups is 1. The van der Waals surface area contributed by atoms with Crippen LogP contribution >= 0.6 is 31.9 Å². The fraction of sp³-hybridized carbons (Fsp3) is 0.364. The van der Waals surface area contributed by atoms with Gasteiger partial charge >= 0.3 is 0 Å². The molecule has 0 radical (unpaired) electrons. The molecule has 0 aliphatic carbocycles. The van der Waals surface area contributed by atoms with Gasteiger partial charge < -0.3 is 10.1 Å². The Hall–Kier alpha value is -0.550. The topological polar surface area (TPSA) is 38.3 Å². The first kappa shape index (κ1) is 13.5. The normalized spacial score (nSPS) is 9.94. The quantitative estimate of drug-likeness (QED) is 0.655. The highest BCUT2D eigenvalue weighted by molar-refractivity contribution is 9.10. The van der Waals surface area contributed by atoms with E-state index in [9.17, 15) is 4.79 Å². The molecule has 1 aromatic rings. The van der Waals surface area contributed by atoms with Gasteiger partial charge in [0.05, 0.1) is 12.7 Å². The molecule has 0 spiro atoms. The standard InChI is InChI=1S/C11H13Br2NO2/c1-16-8-3-4-10(13)9(7-8)11(15)14-6-2-5-12/h3-4,7H,2,5-6H2,1H3,(H,14,15). The molecule has 5 heteroatoms. The fourth-order valence-corrected chi connectivity index (χ4v) is 1.88. The predicted molar refractivity (Wildman–Crippen MR) is 71.4 cm³/mol. The summed E-state index contributed by atoms with van der Waals surface area (Å²) in [6.45, 7) is 0.660. The number of nitrogens with one attached hydrogen (secondary N) is 1. The molecule has 0 saturated heterocycles. The second-order valence-corrected chi connectivity index (χ2v) is 4.79. The van der Waals surface area contributed by atoms with Gasteiger partial charge in [-0.25, -0.2) is 0 Å². The molecular formula is C11H13Br2NO2. The van der Waals surface area contributed by atoms with Gasteiger partial charge in [0.15, 0.2) is 0 Å². The molecule has 0 unspecified atom stereocenters. The van der Waals surface area contributed by atoms with Gasteiger partial charge in [0.1, 0.15) is 5.75 Å². The number of rotatable bonds is 5. The number of hydrogen-bond acceptors (Lipinski definition) is 2. The van der Waals surface area contributed by atoms with Crippen molar-refractivity contribution in [3.63, 3.8) is 0 Å². The summed E-state index contributed by atoms with van der Waals surface area (Å²) in [5.41, 5.74) is 0.592. The molecule has 0 bridgehead atoms. The van der Waals surface area contributed by atoms with E-state index in [0.29, 0.717) is 17.9 Å². The lowest BCUT2D eigenvalue weighted by Crippen LogP contribution is -2.25. The first-order valence-electron chi connectivity index (χ1n) is 4.86. The maximum Gasteiger partial charge on any atom is 0.252 e. The molecule has 88 valence electrons. The van der Waals surface area contributed by atoms with Crippen LogP contribution in [0.1, 0.15) is 16.8 Å². The summed E-state index contributed by atoms with van der Waals surface area (Å²) in [6.07, 6.45) is 0.910. The van der Waals surface area contributed by atoms with Crippen LogP contribution in [0.15, 0.2) is 22.7 Å². The first-order valence-corrected chi connectivity index (χ1v) is 6.78. The maximum atomic E-state index is 11.8. The Bertz CT molecular complexity index is 369. The van der Waals surface area contributed by atoms with E-state index < -0.39 is 0 Å². The number of halogens is 2. The minimum absolute atomic E-state index is 0.0910. The van der Waals surface area contributed by atoms with Gasteiger partial charge in [0.25, 0.3) is 5.91 Å². The van der Waals surface area contributed by atoms with Gasteiger partial charge in [0.2, 0.25) is 0 Å². The van der Waals surface area contributed by atoms with Crippen LogP contribution in [0, 0.1) is 0 Å². The highest BCUT2D eigenvalue weighted by Gasteiger charge is 2.10. The zero-order chi connectivity index (χ0) is 12.0. The Balaban J connectivity index is 2.73. The lowest BCUT2D eigenvalue weighted by molar-refractivity contribution is 0.0952. The number of hydrogen-bond donors (Lipinski definition) is 1. The third kappa shape index (κ3) is 3.79. The highest BCUT2D eigenvalue weighted by Crippen LogP contribution is 2.22. The minimum atomic E-state index is -0.0910. The van der Waals surface area contributed by atoms with Crippen LogP contribution in [0.2, 0.25) is 0 Å². The van der Waals surface area contributed by atoms with Crippen molar-refractivity contribution in [1.82, 2.24) is 5.32 Å². The molecule has 1 amide bonds. The Morgan fingerprint density at radius 2 is 2.25 bits per heavy atom. The van der Waals surface area contributed by atoms with E-state index in [1.54, 1.807) is 25.3 Å². The Morgan fingerprint density at radius 3 is 2.88 bits per heavy atom. The molecule has 3 nitrogen and oxygen atoms in total. The van der Waals surface area contributed by atoms with Gasteiger partial charge in [0, 0.05) is 16.3 Å². The van der Waals surface area contributed by atoms with Gasteiger partial charge in [-0.1, -0.05) is 15.9 Å². The molecule has 0 atom stereocenters. The average molecular weight is 351 g/mol. The van der Waals surface area contributed by atoms with Crippen molar-refractivity contribution in [1.29, 1.82) is 0 Å². The van der Waals surface area contributed by atoms with E-state index in [0.717, 1.165) is 16.2 Å². The molecular weight excluding hydrogens is 338 g/mol. The van der Waals surface area contributed by atoms with Gasteiger partial charge in [-0.2, -0.15) is 0 Å². The average Bonchev–Trinajstić information content (AvgIpc) is 2.30. The summed E-state index contributed by atoms with van der Waals surface area (Å²) >= 11 is 6.66. The molecule has 1 N–H and O–H groups in total. The monoisotopic (exact) mass is 349 g/mol. The number of carbonyl (C=O) groups excluding carboxylic acids is 1. The molecule has 0 fully saturated rings. The number of benzene rings is 1. The summed E-state index contributed by atoms with van der Waals surface area (Å²) in [5.74, 6) is 0.584. The molecule has 0 aliphatic heterocycles. The van der Waals surface area contributed by atoms with Crippen LogP contribution in [0.3, 0.4) is 0 Å². The van der Waals surface area contributed by atoms with Gasteiger partial charge in [-0.3, -0.25) is 4.79 Å². The van der Waals surface area contributed by atoms with Crippen molar-refractivity contribution >= 4 is 37.8 Å². The van der Waals surface area contributed by atoms with Crippen molar-refractivity contribution in [2.24, 2.45) is 0 Å². The zero-order valence-electron chi connectivity index (χ0n) is 8.93. The summed E-state index contributed by atoms with van der Waals surface area (Å²) in [4.78, 5) is 11.8. The van der Waals surface area contributed by atoms with Crippen LogP contribution < -0.4 is 10.1 Å². The van der Waals surface area contributed by atoms with Crippen molar-refractivity contribution in [2.45, 2.75) is 6.42 Å². The second-order valence-electron chi connectivity index (χ2n) is 3.14. The van der Waals surface area contributed by atoms with Crippen LogP contribution in [0.5, 0.6) is 5.75 Å². The molecule has 0 aliphatic rings. The summed E-state index contributed by atoms with van der Waals surface area (Å²) < 4.78 is 5.85. The molecule has 1 rings (SSSR count). The second kappa shape index (κ2) is 6.91. The molecule has 1 aromatic carbocycles. The first-order chi connectivity index (χ1) is 7.69. The SMILES string of the molecule is COc1ccc(Br)c(C(=O)NCCCBr)c1. The zero-order valence-corrected chi connectivity index (χ0v) is 12.1. The summed E-state index contributed by atoms with van der Waals surface area (Å²) in [6, 6.07) is 5.32. The lowest BCUT2D eigenvalue weighted by Gasteiger charge is -2.07. The van der Waals surface area contributed by atoms with Crippen molar-refractivity contribution in [3.05, 3.63) is 28.2 Å². The molecule has 0 heterocycles. The van der Waals surface area contributed by atoms with Crippen molar-refractivity contribution in [2.75, 3.05) is 19.0 Å². The smallest absolute Gasteiger partial charge is 0.252 e. The number of alkyl halides is 1. The van der Waals surface area contributed by atoms with Crippen molar-refractivity contribution < 1.29 is 9.53 Å². The van der Waals surface area contributed by atoms with Crippen LogP contribution in [-0.2, 0) is 0 Å². The van der Waals surface area contributed by atoms with Gasteiger partial charge in [-0.05, 0) is 40.5 Å². The number of amides is 1. The van der Waals surface area contributed by atoms with E-state index in [-0.39, 0.29) is 5.91 Å². The minimum Gasteiger partial charge on any atom is -0.497 e. The van der Waals surface area contributed by atoms with E-state index in [4.69, 9.17) is 4.74 Å². The third-order valence-electron chi connectivity index (χ3n) is 2.01. The fourth-order valence-electron chi connectivity index (χ4n) is 1.17. The van der Waals surface area contributed by atoms with Crippen LogP contribution in [0.4, 0.5) is 0 Å². The third-order valence-corrected chi connectivity index (χ3v) is 3.27. The van der Waals surface area contributed by atoms with E-state index >= 15 is 0 Å². The molecule has 0 saturated carbocycles. The Morgan fingerprint density at radius 1 is 1.50 bits per heavy atom. The summed E-state index contributed by atoms with van der Waals surface area (Å²) in [7, 11) is 1.58. The highest BCUT2D eigenvalue weighted by atomic mass is 79.9. The van der Waals surface area contributed by atoms with E-state index in [1.165, 1.54) is 0 Å². The Kier molecular flexibility index (Phi) is 5.84. The number of methoxy groups -OCH3 is 1. The molecule has 16 heavy (non-hydrogen) atoms. The predicted octanol–water partition coefficient (Wildman–Crippen LogP) is 2.97. The summed E-state index contributed by atoms with van der Waals surface area (Å²) in [5, 5.41) is 3.72. The van der Waals surface area contributed by atoms with Gasteiger partial charge in [-0.15, -0.1) is 0 Å². The maximum absolute atomic E-state index is 11.8. The molecule has 0 aromatic heterocycles. The largest absolute Gasteiger partial charge is 0.497 e. The lowest BCUT2D eigenvalue weighted by atomic mass is 10.2. The van der Waals surface area contributed by atoms with Crippen LogP contribution in [-0.4, -0.2) is 24.9 Å². The Labute approximate surface area is 112 Å². The van der Waals surface area contributed by atoms with E-state index in [1.807, 2.05) is 0 Å². The van der Waals surface area contributed by atoms with E-state index in [2.05, 4.69) is 37.2 Å².